The van der Waals surface area contributed by atoms with Gasteiger partial charge in [-0.05, 0) is 49.7 Å². The first-order chi connectivity index (χ1) is 11.0. The molecule has 0 saturated carbocycles. The minimum atomic E-state index is -0.519. The van der Waals surface area contributed by atoms with Gasteiger partial charge in [-0.15, -0.1) is 0 Å². The van der Waals surface area contributed by atoms with Gasteiger partial charge in [0.15, 0.2) is 0 Å². The van der Waals surface area contributed by atoms with Crippen molar-refractivity contribution in [2.75, 3.05) is 13.2 Å². The van der Waals surface area contributed by atoms with Crippen molar-refractivity contribution in [3.05, 3.63) is 29.8 Å². The van der Waals surface area contributed by atoms with E-state index in [1.165, 1.54) is 5.56 Å². The van der Waals surface area contributed by atoms with Crippen LogP contribution in [0.3, 0.4) is 0 Å². The quantitative estimate of drug-likeness (QED) is 0.684. The van der Waals surface area contributed by atoms with Crippen molar-refractivity contribution in [2.24, 2.45) is 5.41 Å². The number of nitrogens with one attached hydrogen (secondary N) is 1. The molecule has 0 aromatic heterocycles. The van der Waals surface area contributed by atoms with Crippen LogP contribution < -0.4 is 10.1 Å². The van der Waals surface area contributed by atoms with E-state index in [2.05, 4.69) is 59.8 Å². The number of hydrogen-bond donors (Lipinski definition) is 2. The van der Waals surface area contributed by atoms with Crippen molar-refractivity contribution >= 4 is 0 Å². The number of aliphatic hydroxyl groups is 1. The Labute approximate surface area is 148 Å². The van der Waals surface area contributed by atoms with Gasteiger partial charge in [0.1, 0.15) is 18.5 Å². The molecule has 0 spiro atoms. The zero-order chi connectivity index (χ0) is 18.4. The van der Waals surface area contributed by atoms with Crippen LogP contribution in [0.25, 0.3) is 0 Å². The highest BCUT2D eigenvalue weighted by Gasteiger charge is 2.25. The lowest BCUT2D eigenvalue weighted by molar-refractivity contribution is 0.0938. The first-order valence-electron chi connectivity index (χ1n) is 9.19. The Balaban J connectivity index is 2.51. The second-order valence-corrected chi connectivity index (χ2v) is 8.81. The van der Waals surface area contributed by atoms with E-state index in [1.807, 2.05) is 18.2 Å². The summed E-state index contributed by atoms with van der Waals surface area (Å²) in [5.41, 5.74) is 1.47. The van der Waals surface area contributed by atoms with Crippen LogP contribution in [0, 0.1) is 5.41 Å². The SMILES string of the molecule is CC[C@@H](C)c1ccccc1OC[C@H](O)CNC(C)(C)CC(C)(C)C. The van der Waals surface area contributed by atoms with Crippen LogP contribution in [0.15, 0.2) is 24.3 Å². The molecule has 0 aliphatic carbocycles. The molecule has 0 radical (unpaired) electrons. The smallest absolute Gasteiger partial charge is 0.122 e. The van der Waals surface area contributed by atoms with E-state index < -0.39 is 6.10 Å². The molecule has 0 aliphatic rings. The highest BCUT2D eigenvalue weighted by molar-refractivity contribution is 5.35. The summed E-state index contributed by atoms with van der Waals surface area (Å²) in [4.78, 5) is 0. The summed E-state index contributed by atoms with van der Waals surface area (Å²) >= 11 is 0. The van der Waals surface area contributed by atoms with Crippen molar-refractivity contribution in [3.8, 4) is 5.75 Å². The zero-order valence-electron chi connectivity index (χ0n) is 16.6. The van der Waals surface area contributed by atoms with Gasteiger partial charge in [0, 0.05) is 12.1 Å². The summed E-state index contributed by atoms with van der Waals surface area (Å²) in [6.07, 6.45) is 1.60. The molecule has 138 valence electrons. The molecule has 3 heteroatoms. The van der Waals surface area contributed by atoms with Crippen molar-refractivity contribution < 1.29 is 9.84 Å². The molecular weight excluding hydrogens is 298 g/mol. The van der Waals surface area contributed by atoms with Crippen molar-refractivity contribution in [1.82, 2.24) is 5.32 Å². The third-order valence-electron chi connectivity index (χ3n) is 4.28. The van der Waals surface area contributed by atoms with Crippen LogP contribution in [0.1, 0.15) is 72.8 Å². The molecule has 1 rings (SSSR count). The lowest BCUT2D eigenvalue weighted by atomic mass is 9.82. The highest BCUT2D eigenvalue weighted by atomic mass is 16.5. The lowest BCUT2D eigenvalue weighted by Crippen LogP contribution is -2.46. The number of rotatable bonds is 9. The second kappa shape index (κ2) is 8.87. The summed E-state index contributed by atoms with van der Waals surface area (Å²) in [6, 6.07) is 8.13. The van der Waals surface area contributed by atoms with E-state index in [4.69, 9.17) is 4.74 Å². The molecule has 0 saturated heterocycles. The molecule has 3 nitrogen and oxygen atoms in total. The third-order valence-corrected chi connectivity index (χ3v) is 4.28. The summed E-state index contributed by atoms with van der Waals surface area (Å²) < 4.78 is 5.90. The monoisotopic (exact) mass is 335 g/mol. The molecule has 0 heterocycles. The Kier molecular flexibility index (Phi) is 7.75. The Morgan fingerprint density at radius 1 is 1.12 bits per heavy atom. The van der Waals surface area contributed by atoms with Gasteiger partial charge in [0.25, 0.3) is 0 Å². The normalized spacial score (nSPS) is 15.2. The van der Waals surface area contributed by atoms with Gasteiger partial charge >= 0.3 is 0 Å². The molecule has 0 bridgehead atoms. The minimum Gasteiger partial charge on any atom is -0.491 e. The Hall–Kier alpha value is -1.06. The third kappa shape index (κ3) is 7.67. The fraction of sp³-hybridized carbons (Fsp3) is 0.714. The fourth-order valence-electron chi connectivity index (χ4n) is 3.27. The summed E-state index contributed by atoms with van der Waals surface area (Å²) in [5.74, 6) is 1.35. The fourth-order valence-corrected chi connectivity index (χ4v) is 3.27. The summed E-state index contributed by atoms with van der Waals surface area (Å²) in [7, 11) is 0. The van der Waals surface area contributed by atoms with Gasteiger partial charge in [-0.1, -0.05) is 52.8 Å². The van der Waals surface area contributed by atoms with Crippen LogP contribution in [0.5, 0.6) is 5.75 Å². The topological polar surface area (TPSA) is 41.5 Å². The lowest BCUT2D eigenvalue weighted by Gasteiger charge is -2.34. The average Bonchev–Trinajstić information content (AvgIpc) is 2.48. The maximum absolute atomic E-state index is 10.3. The van der Waals surface area contributed by atoms with E-state index in [-0.39, 0.29) is 11.0 Å². The molecule has 1 aromatic rings. The predicted octanol–water partition coefficient (Wildman–Crippen LogP) is 4.74. The van der Waals surface area contributed by atoms with Crippen LogP contribution in [-0.4, -0.2) is 29.9 Å². The van der Waals surface area contributed by atoms with Gasteiger partial charge in [-0.25, -0.2) is 0 Å². The van der Waals surface area contributed by atoms with Crippen molar-refractivity contribution in [3.63, 3.8) is 0 Å². The maximum Gasteiger partial charge on any atom is 0.122 e. The van der Waals surface area contributed by atoms with E-state index in [9.17, 15) is 5.11 Å². The molecule has 0 aliphatic heterocycles. The average molecular weight is 336 g/mol. The van der Waals surface area contributed by atoms with E-state index in [1.54, 1.807) is 0 Å². The number of ether oxygens (including phenoxy) is 1. The molecule has 2 N–H and O–H groups in total. The highest BCUT2D eigenvalue weighted by Crippen LogP contribution is 2.29. The number of benzene rings is 1. The number of hydrogen-bond acceptors (Lipinski definition) is 3. The molecule has 24 heavy (non-hydrogen) atoms. The van der Waals surface area contributed by atoms with Gasteiger partial charge in [0.2, 0.25) is 0 Å². The van der Waals surface area contributed by atoms with Gasteiger partial charge in [-0.2, -0.15) is 0 Å². The Morgan fingerprint density at radius 3 is 2.33 bits per heavy atom. The van der Waals surface area contributed by atoms with Crippen molar-refractivity contribution in [2.45, 2.75) is 78.9 Å². The van der Waals surface area contributed by atoms with Gasteiger partial charge in [0.05, 0.1) is 0 Å². The van der Waals surface area contributed by atoms with E-state index >= 15 is 0 Å². The summed E-state index contributed by atoms with van der Waals surface area (Å²) in [6.45, 7) is 16.3. The van der Waals surface area contributed by atoms with E-state index in [0.29, 0.717) is 19.1 Å². The van der Waals surface area contributed by atoms with Crippen LogP contribution in [0.4, 0.5) is 0 Å². The number of β-amino-alcohol motifs (C(OH)–C–C–N with tert-alkyl or cyclic N) is 1. The first-order valence-corrected chi connectivity index (χ1v) is 9.19. The zero-order valence-corrected chi connectivity index (χ0v) is 16.6. The minimum absolute atomic E-state index is 0.00609. The second-order valence-electron chi connectivity index (χ2n) is 8.81. The number of para-hydroxylation sites is 1. The first kappa shape index (κ1) is 21.0. The molecule has 0 unspecified atom stereocenters. The largest absolute Gasteiger partial charge is 0.491 e. The number of aliphatic hydroxyl groups excluding tert-OH is 1. The van der Waals surface area contributed by atoms with Crippen LogP contribution in [-0.2, 0) is 0 Å². The van der Waals surface area contributed by atoms with Crippen LogP contribution in [0.2, 0.25) is 0 Å². The predicted molar refractivity (Wildman–Crippen MR) is 103 cm³/mol. The van der Waals surface area contributed by atoms with Gasteiger partial charge in [-0.3, -0.25) is 0 Å². The Morgan fingerprint density at radius 2 is 1.75 bits per heavy atom. The molecular formula is C21H37NO2. The maximum atomic E-state index is 10.3. The molecule has 0 fully saturated rings. The molecule has 1 aromatic carbocycles. The Bertz CT molecular complexity index is 491. The van der Waals surface area contributed by atoms with Crippen molar-refractivity contribution in [1.29, 1.82) is 0 Å². The molecule has 2 atom stereocenters. The van der Waals surface area contributed by atoms with E-state index in [0.717, 1.165) is 18.6 Å². The van der Waals surface area contributed by atoms with Gasteiger partial charge < -0.3 is 15.2 Å². The standard InChI is InChI=1S/C21H37NO2/c1-8-16(2)18-11-9-10-12-19(18)24-14-17(23)13-22-21(6,7)15-20(3,4)5/h9-12,16-17,22-23H,8,13-15H2,1-7H3/t16-,17-/m1/s1. The van der Waals surface area contributed by atoms with Crippen LogP contribution >= 0.6 is 0 Å². The molecule has 0 amide bonds. The summed E-state index contributed by atoms with van der Waals surface area (Å²) in [5, 5.41) is 13.7.